The number of nitro groups is 1. The van der Waals surface area contributed by atoms with Crippen molar-refractivity contribution in [2.45, 2.75) is 25.9 Å². The number of allylic oxidation sites excluding steroid dienone is 3. The molecule has 2 aromatic rings. The molecular weight excluding hydrogens is 475 g/mol. The molecule has 0 saturated carbocycles. The summed E-state index contributed by atoms with van der Waals surface area (Å²) in [6.45, 7) is 3.23. The monoisotopic (exact) mass is 500 g/mol. The Kier molecular flexibility index (Phi) is 7.07. The predicted octanol–water partition coefficient (Wildman–Crippen LogP) is 4.65. The van der Waals surface area contributed by atoms with Gasteiger partial charge in [0.2, 0.25) is 0 Å². The van der Waals surface area contributed by atoms with Gasteiger partial charge in [0, 0.05) is 23.0 Å². The molecule has 35 heavy (non-hydrogen) atoms. The number of carbonyl (C=O) groups excluding carboxylic acids is 1. The number of esters is 1. The van der Waals surface area contributed by atoms with Gasteiger partial charge in [-0.05, 0) is 26.0 Å². The summed E-state index contributed by atoms with van der Waals surface area (Å²) in [6, 6.07) is 15.1. The van der Waals surface area contributed by atoms with Crippen molar-refractivity contribution in [1.82, 2.24) is 5.32 Å². The Labute approximate surface area is 202 Å². The Morgan fingerprint density at radius 3 is 2.31 bits per heavy atom. The zero-order valence-electron chi connectivity index (χ0n) is 19.4. The second-order valence-electron chi connectivity index (χ2n) is 8.06. The molecule has 0 aromatic heterocycles. The topological polar surface area (TPSA) is 126 Å². The van der Waals surface area contributed by atoms with Crippen LogP contribution in [0.4, 0.5) is 5.69 Å². The lowest BCUT2D eigenvalue weighted by Gasteiger charge is -2.37. The summed E-state index contributed by atoms with van der Waals surface area (Å²) < 4.78 is 36.5. The predicted molar refractivity (Wildman–Crippen MR) is 127 cm³/mol. The molecule has 2 aliphatic heterocycles. The molecule has 2 aromatic carbocycles. The highest BCUT2D eigenvalue weighted by atomic mass is 31.2. The number of nitrogens with one attached hydrogen (secondary N) is 1. The van der Waals surface area contributed by atoms with E-state index in [1.807, 2.05) is 18.2 Å². The Bertz CT molecular complexity index is 1250. The van der Waals surface area contributed by atoms with Crippen LogP contribution in [0.5, 0.6) is 5.75 Å². The zero-order valence-corrected chi connectivity index (χ0v) is 20.3. The van der Waals surface area contributed by atoms with Crippen LogP contribution in [0.15, 0.2) is 76.9 Å². The molecule has 1 N–H and O–H groups in total. The molecule has 0 bridgehead atoms. The fourth-order valence-corrected chi connectivity index (χ4v) is 6.40. The van der Waals surface area contributed by atoms with E-state index < -0.39 is 30.5 Å². The van der Waals surface area contributed by atoms with Gasteiger partial charge in [-0.2, -0.15) is 0 Å². The van der Waals surface area contributed by atoms with Crippen molar-refractivity contribution in [3.05, 3.63) is 92.6 Å². The van der Waals surface area contributed by atoms with Gasteiger partial charge in [0.1, 0.15) is 11.9 Å². The van der Waals surface area contributed by atoms with Crippen molar-refractivity contribution in [2.24, 2.45) is 0 Å². The highest BCUT2D eigenvalue weighted by Crippen LogP contribution is 2.65. The van der Waals surface area contributed by atoms with Crippen LogP contribution in [0.25, 0.3) is 0 Å². The van der Waals surface area contributed by atoms with Gasteiger partial charge in [-0.3, -0.25) is 14.7 Å². The molecule has 1 unspecified atom stereocenters. The Morgan fingerprint density at radius 1 is 1.06 bits per heavy atom. The molecule has 2 heterocycles. The molecule has 10 nitrogen and oxygen atoms in total. The highest BCUT2D eigenvalue weighted by molar-refractivity contribution is 7.58. The Hall–Kier alpha value is -3.46. The number of rotatable bonds is 6. The molecule has 184 valence electrons. The third kappa shape index (κ3) is 4.86. The molecule has 1 atom stereocenters. The Balaban J connectivity index is 1.74. The third-order valence-corrected chi connectivity index (χ3v) is 7.94. The summed E-state index contributed by atoms with van der Waals surface area (Å²) in [7, 11) is -2.79. The van der Waals surface area contributed by atoms with E-state index in [4.69, 9.17) is 18.5 Å². The maximum absolute atomic E-state index is 14.1. The van der Waals surface area contributed by atoms with Crippen molar-refractivity contribution in [3.63, 3.8) is 0 Å². The lowest BCUT2D eigenvalue weighted by molar-refractivity contribution is -0.385. The van der Waals surface area contributed by atoms with E-state index in [1.54, 1.807) is 32.0 Å². The number of hydrogen-bond acceptors (Lipinski definition) is 9. The summed E-state index contributed by atoms with van der Waals surface area (Å²) in [5, 5.41) is 15.0. The first-order chi connectivity index (χ1) is 16.7. The zero-order chi connectivity index (χ0) is 25.2. The van der Waals surface area contributed by atoms with Crippen molar-refractivity contribution in [3.8, 4) is 5.75 Å². The number of nitrogens with zero attached hydrogens (tertiary/aromatic N) is 1. The minimum atomic E-state index is -4.00. The molecule has 0 aliphatic carbocycles. The third-order valence-electron chi connectivity index (χ3n) is 5.78. The molecule has 1 fully saturated rings. The summed E-state index contributed by atoms with van der Waals surface area (Å²) in [5.41, 5.74) is 0.887. The van der Waals surface area contributed by atoms with E-state index in [1.165, 1.54) is 25.3 Å². The first-order valence-electron chi connectivity index (χ1n) is 10.9. The molecule has 0 spiro atoms. The van der Waals surface area contributed by atoms with Crippen LogP contribution >= 0.6 is 7.60 Å². The minimum absolute atomic E-state index is 0.0389. The van der Waals surface area contributed by atoms with Crippen molar-refractivity contribution in [2.75, 3.05) is 20.3 Å². The van der Waals surface area contributed by atoms with E-state index in [2.05, 4.69) is 5.32 Å². The quantitative estimate of drug-likeness (QED) is 0.261. The summed E-state index contributed by atoms with van der Waals surface area (Å²) in [5.74, 6) is -1.18. The van der Waals surface area contributed by atoms with E-state index in [0.717, 1.165) is 0 Å². The van der Waals surface area contributed by atoms with Gasteiger partial charge < -0.3 is 23.8 Å². The van der Waals surface area contributed by atoms with Crippen LogP contribution < -0.4 is 10.1 Å². The summed E-state index contributed by atoms with van der Waals surface area (Å²) >= 11 is 0. The van der Waals surface area contributed by atoms with Crippen molar-refractivity contribution < 1.29 is 32.8 Å². The maximum Gasteiger partial charge on any atom is 0.360 e. The van der Waals surface area contributed by atoms with Crippen molar-refractivity contribution in [1.29, 1.82) is 0 Å². The molecule has 1 saturated heterocycles. The normalized spacial score (nSPS) is 24.5. The molecule has 11 heteroatoms. The standard InChI is InChI=1S/C24H25N2O8P/c1-15-21(24(27)31-3)22(19-11-7-8-12-20(19)26(28)29)23(16(2)25-15)35(30)32-13-18(14-33-35)34-17-9-5-4-6-10-17/h4-12,18,22,25H,13-14H2,1-3H3. The SMILES string of the molecule is COC(=O)C1=C(C)NC(C)=C(P2(=O)OCC(Oc3ccccc3)CO2)C1c1ccccc1[N+](=O)[O-]. The van der Waals surface area contributed by atoms with Crippen LogP contribution in [0.1, 0.15) is 25.3 Å². The number of carbonyl (C=O) groups is 1. The van der Waals surface area contributed by atoms with Crippen molar-refractivity contribution >= 4 is 19.3 Å². The number of dihydropyridines is 1. The van der Waals surface area contributed by atoms with Gasteiger partial charge in [-0.25, -0.2) is 4.79 Å². The van der Waals surface area contributed by atoms with Gasteiger partial charge in [0.25, 0.3) is 5.69 Å². The van der Waals surface area contributed by atoms with E-state index in [9.17, 15) is 19.5 Å². The van der Waals surface area contributed by atoms with Gasteiger partial charge in [-0.15, -0.1) is 0 Å². The average molecular weight is 500 g/mol. The van der Waals surface area contributed by atoms with Crippen LogP contribution in [-0.2, 0) is 23.1 Å². The second-order valence-corrected chi connectivity index (χ2v) is 10.0. The van der Waals surface area contributed by atoms with Gasteiger partial charge >= 0.3 is 13.6 Å². The van der Waals surface area contributed by atoms with E-state index >= 15 is 0 Å². The van der Waals surface area contributed by atoms with Gasteiger partial charge in [0.15, 0.2) is 0 Å². The average Bonchev–Trinajstić information content (AvgIpc) is 2.85. The molecule has 2 aliphatic rings. The lowest BCUT2D eigenvalue weighted by Crippen LogP contribution is -2.35. The van der Waals surface area contributed by atoms with Gasteiger partial charge in [0.05, 0.1) is 42.1 Å². The fourth-order valence-electron chi connectivity index (χ4n) is 4.27. The van der Waals surface area contributed by atoms with E-state index in [-0.39, 0.29) is 35.4 Å². The molecule has 4 rings (SSSR count). The minimum Gasteiger partial charge on any atom is -0.486 e. The Morgan fingerprint density at radius 2 is 1.69 bits per heavy atom. The van der Waals surface area contributed by atoms with E-state index in [0.29, 0.717) is 17.1 Å². The number of methoxy groups -OCH3 is 1. The van der Waals surface area contributed by atoms with Gasteiger partial charge in [-0.1, -0.05) is 36.4 Å². The van der Waals surface area contributed by atoms with Crippen LogP contribution in [-0.4, -0.2) is 37.3 Å². The largest absolute Gasteiger partial charge is 0.486 e. The van der Waals surface area contributed by atoms with Crippen LogP contribution in [0.2, 0.25) is 0 Å². The van der Waals surface area contributed by atoms with Crippen LogP contribution in [0, 0.1) is 10.1 Å². The number of ether oxygens (including phenoxy) is 2. The number of para-hydroxylation sites is 2. The first-order valence-corrected chi connectivity index (χ1v) is 12.4. The molecule has 0 radical (unpaired) electrons. The first kappa shape index (κ1) is 24.7. The lowest BCUT2D eigenvalue weighted by atomic mass is 9.85. The molecule has 0 amide bonds. The number of benzene rings is 2. The molecular formula is C24H25N2O8P. The smallest absolute Gasteiger partial charge is 0.360 e. The summed E-state index contributed by atoms with van der Waals surface area (Å²) in [6.07, 6.45) is -0.515. The second kappa shape index (κ2) is 10.0. The summed E-state index contributed by atoms with van der Waals surface area (Å²) in [4.78, 5) is 24.1. The number of hydrogen-bond donors (Lipinski definition) is 1. The van der Waals surface area contributed by atoms with Crippen LogP contribution in [0.3, 0.4) is 0 Å². The maximum atomic E-state index is 14.1. The highest BCUT2D eigenvalue weighted by Gasteiger charge is 2.48. The number of nitro benzene ring substituents is 1. The fraction of sp³-hybridized carbons (Fsp3) is 0.292.